The van der Waals surface area contributed by atoms with Gasteiger partial charge in [-0.25, -0.2) is 4.39 Å². The van der Waals surface area contributed by atoms with E-state index in [0.717, 1.165) is 0 Å². The second kappa shape index (κ2) is 9.56. The van der Waals surface area contributed by atoms with Crippen LogP contribution in [0, 0.1) is 12.7 Å². The topological polar surface area (TPSA) is 76.7 Å². The maximum atomic E-state index is 13.1. The highest BCUT2D eigenvalue weighted by molar-refractivity contribution is 5.99. The molecule has 0 aliphatic heterocycles. The maximum Gasteiger partial charge on any atom is 0.251 e. The number of benzene rings is 2. The molecule has 0 bridgehead atoms. The van der Waals surface area contributed by atoms with Gasteiger partial charge in [-0.1, -0.05) is 0 Å². The lowest BCUT2D eigenvalue weighted by atomic mass is 10.2. The average Bonchev–Trinajstić information content (AvgIpc) is 2.64. The van der Waals surface area contributed by atoms with E-state index in [1.807, 2.05) is 13.8 Å². The Hall–Kier alpha value is -3.09. The molecule has 2 aromatic rings. The molecule has 0 aromatic heterocycles. The van der Waals surface area contributed by atoms with Crippen LogP contribution in [0.25, 0.3) is 0 Å². The summed E-state index contributed by atoms with van der Waals surface area (Å²) in [5, 5.41) is 5.19. The van der Waals surface area contributed by atoms with E-state index in [1.165, 1.54) is 18.2 Å². The number of aryl methyl sites for hydroxylation is 1. The molecule has 6 nitrogen and oxygen atoms in total. The van der Waals surface area contributed by atoms with Crippen molar-refractivity contribution in [3.63, 3.8) is 0 Å². The smallest absolute Gasteiger partial charge is 0.251 e. The van der Waals surface area contributed by atoms with Crippen LogP contribution in [0.1, 0.15) is 29.8 Å². The molecule has 0 atom stereocenters. The summed E-state index contributed by atoms with van der Waals surface area (Å²) in [6.07, 6.45) is 0. The summed E-state index contributed by atoms with van der Waals surface area (Å²) in [4.78, 5) is 24.3. The van der Waals surface area contributed by atoms with Crippen LogP contribution in [0.3, 0.4) is 0 Å². The van der Waals surface area contributed by atoms with Crippen molar-refractivity contribution < 1.29 is 23.5 Å². The van der Waals surface area contributed by atoms with Crippen LogP contribution in [0.4, 0.5) is 10.1 Å². The molecule has 27 heavy (non-hydrogen) atoms. The first kappa shape index (κ1) is 20.2. The Morgan fingerprint density at radius 3 is 2.37 bits per heavy atom. The Labute approximate surface area is 157 Å². The number of nitrogens with one attached hydrogen (secondary N) is 2. The molecule has 0 saturated carbocycles. The Morgan fingerprint density at radius 2 is 1.70 bits per heavy atom. The molecule has 0 saturated heterocycles. The van der Waals surface area contributed by atoms with E-state index in [0.29, 0.717) is 41.5 Å². The molecule has 2 N–H and O–H groups in total. The van der Waals surface area contributed by atoms with Crippen molar-refractivity contribution in [3.8, 4) is 11.5 Å². The van der Waals surface area contributed by atoms with Crippen molar-refractivity contribution >= 4 is 17.5 Å². The third-order valence-electron chi connectivity index (χ3n) is 3.68. The van der Waals surface area contributed by atoms with Gasteiger partial charge in [0.1, 0.15) is 5.82 Å². The molecule has 2 aromatic carbocycles. The molecule has 0 unspecified atom stereocenters. The van der Waals surface area contributed by atoms with E-state index in [4.69, 9.17) is 9.47 Å². The fourth-order valence-electron chi connectivity index (χ4n) is 2.42. The quantitative estimate of drug-likeness (QED) is 0.743. The van der Waals surface area contributed by atoms with Crippen molar-refractivity contribution in [1.29, 1.82) is 0 Å². The molecule has 0 aliphatic rings. The molecule has 0 spiro atoms. The lowest BCUT2D eigenvalue weighted by Crippen LogP contribution is -2.33. The third-order valence-corrected chi connectivity index (χ3v) is 3.68. The summed E-state index contributed by atoms with van der Waals surface area (Å²) in [7, 11) is 0. The van der Waals surface area contributed by atoms with Gasteiger partial charge in [-0.3, -0.25) is 9.59 Å². The number of ether oxygens (including phenoxy) is 2. The van der Waals surface area contributed by atoms with Gasteiger partial charge in [-0.2, -0.15) is 0 Å². The first-order valence-electron chi connectivity index (χ1n) is 8.68. The Bertz CT molecular complexity index is 824. The largest absolute Gasteiger partial charge is 0.490 e. The minimum Gasteiger partial charge on any atom is -0.490 e. The molecule has 144 valence electrons. The van der Waals surface area contributed by atoms with Gasteiger partial charge in [0.25, 0.3) is 5.91 Å². The zero-order chi connectivity index (χ0) is 19.8. The maximum absolute atomic E-state index is 13.1. The van der Waals surface area contributed by atoms with Crippen molar-refractivity contribution in [1.82, 2.24) is 5.32 Å². The van der Waals surface area contributed by atoms with Crippen LogP contribution >= 0.6 is 0 Å². The standard InChI is InChI=1S/C20H23FN2O4/c1-4-26-17-9-6-14(11-18(17)27-5-2)20(25)22-12-19(24)23-16-8-7-15(21)10-13(16)3/h6-11H,4-5,12H2,1-3H3,(H,22,25)(H,23,24). The molecule has 0 fully saturated rings. The Kier molecular flexibility index (Phi) is 7.16. The number of hydrogen-bond acceptors (Lipinski definition) is 4. The summed E-state index contributed by atoms with van der Waals surface area (Å²) in [5.74, 6) is -0.169. The van der Waals surface area contributed by atoms with E-state index < -0.39 is 11.8 Å². The summed E-state index contributed by atoms with van der Waals surface area (Å²) in [6.45, 7) is 6.08. The lowest BCUT2D eigenvalue weighted by molar-refractivity contribution is -0.115. The highest BCUT2D eigenvalue weighted by Gasteiger charge is 2.13. The summed E-state index contributed by atoms with van der Waals surface area (Å²) in [5.41, 5.74) is 1.45. The first-order valence-corrected chi connectivity index (χ1v) is 8.68. The number of anilines is 1. The van der Waals surface area contributed by atoms with Gasteiger partial charge in [0.2, 0.25) is 5.91 Å². The first-order chi connectivity index (χ1) is 12.9. The van der Waals surface area contributed by atoms with Crippen LogP contribution in [-0.2, 0) is 4.79 Å². The fraction of sp³-hybridized carbons (Fsp3) is 0.300. The van der Waals surface area contributed by atoms with Crippen molar-refractivity contribution in [2.45, 2.75) is 20.8 Å². The third kappa shape index (κ3) is 5.70. The van der Waals surface area contributed by atoms with Crippen LogP contribution in [-0.4, -0.2) is 31.6 Å². The normalized spacial score (nSPS) is 10.2. The predicted octanol–water partition coefficient (Wildman–Crippen LogP) is 3.30. The van der Waals surface area contributed by atoms with Crippen LogP contribution < -0.4 is 20.1 Å². The van der Waals surface area contributed by atoms with Gasteiger partial charge < -0.3 is 20.1 Å². The fourth-order valence-corrected chi connectivity index (χ4v) is 2.42. The number of carbonyl (C=O) groups excluding carboxylic acids is 2. The zero-order valence-electron chi connectivity index (χ0n) is 15.6. The molecule has 2 amide bonds. The van der Waals surface area contributed by atoms with Crippen LogP contribution in [0.2, 0.25) is 0 Å². The number of hydrogen-bond donors (Lipinski definition) is 2. The number of rotatable bonds is 8. The van der Waals surface area contributed by atoms with E-state index >= 15 is 0 Å². The number of amides is 2. The minimum atomic E-state index is -0.412. The molecule has 2 rings (SSSR count). The van der Waals surface area contributed by atoms with Crippen molar-refractivity contribution in [2.75, 3.05) is 25.1 Å². The van der Waals surface area contributed by atoms with Crippen LogP contribution in [0.5, 0.6) is 11.5 Å². The van der Waals surface area contributed by atoms with E-state index in [2.05, 4.69) is 10.6 Å². The van der Waals surface area contributed by atoms with Gasteiger partial charge in [-0.15, -0.1) is 0 Å². The second-order valence-corrected chi connectivity index (χ2v) is 5.72. The van der Waals surface area contributed by atoms with Crippen molar-refractivity contribution in [3.05, 3.63) is 53.3 Å². The predicted molar refractivity (Wildman–Crippen MR) is 101 cm³/mol. The molecule has 7 heteroatoms. The molecular formula is C20H23FN2O4. The van der Waals surface area contributed by atoms with E-state index in [-0.39, 0.29) is 12.4 Å². The molecular weight excluding hydrogens is 351 g/mol. The van der Waals surface area contributed by atoms with Gasteiger partial charge in [0, 0.05) is 11.3 Å². The van der Waals surface area contributed by atoms with Crippen molar-refractivity contribution in [2.24, 2.45) is 0 Å². The van der Waals surface area contributed by atoms with Gasteiger partial charge in [0.15, 0.2) is 11.5 Å². The highest BCUT2D eigenvalue weighted by Crippen LogP contribution is 2.28. The summed E-state index contributed by atoms with van der Waals surface area (Å²) < 4.78 is 24.1. The second-order valence-electron chi connectivity index (χ2n) is 5.72. The molecule has 0 radical (unpaired) electrons. The minimum absolute atomic E-state index is 0.215. The average molecular weight is 374 g/mol. The summed E-state index contributed by atoms with van der Waals surface area (Å²) in [6, 6.07) is 8.90. The van der Waals surface area contributed by atoms with Gasteiger partial charge in [0.05, 0.1) is 19.8 Å². The highest BCUT2D eigenvalue weighted by atomic mass is 19.1. The molecule has 0 heterocycles. The lowest BCUT2D eigenvalue weighted by Gasteiger charge is -2.13. The SMILES string of the molecule is CCOc1ccc(C(=O)NCC(=O)Nc2ccc(F)cc2C)cc1OCC. The summed E-state index contributed by atoms with van der Waals surface area (Å²) >= 11 is 0. The molecule has 0 aliphatic carbocycles. The Balaban J connectivity index is 1.98. The monoisotopic (exact) mass is 374 g/mol. The van der Waals surface area contributed by atoms with E-state index in [9.17, 15) is 14.0 Å². The number of carbonyl (C=O) groups is 2. The van der Waals surface area contributed by atoms with Gasteiger partial charge >= 0.3 is 0 Å². The zero-order valence-corrected chi connectivity index (χ0v) is 15.6. The Morgan fingerprint density at radius 1 is 1.00 bits per heavy atom. The van der Waals surface area contributed by atoms with Crippen LogP contribution in [0.15, 0.2) is 36.4 Å². The van der Waals surface area contributed by atoms with E-state index in [1.54, 1.807) is 25.1 Å². The number of halogens is 1. The van der Waals surface area contributed by atoms with Gasteiger partial charge in [-0.05, 0) is 62.7 Å².